The van der Waals surface area contributed by atoms with Gasteiger partial charge < -0.3 is 10.0 Å². The Balaban J connectivity index is 2.78. The first-order chi connectivity index (χ1) is 8.96. The maximum atomic E-state index is 12.4. The van der Waals surface area contributed by atoms with Crippen LogP contribution in [0.4, 0.5) is 0 Å². The Bertz CT molecular complexity index is 321. The molecule has 0 aromatic heterocycles. The van der Waals surface area contributed by atoms with Crippen LogP contribution in [0.2, 0.25) is 0 Å². The number of hydrogen-bond donors (Lipinski definition) is 1. The Hall–Kier alpha value is -1.06. The van der Waals surface area contributed by atoms with Gasteiger partial charge >= 0.3 is 5.97 Å². The summed E-state index contributed by atoms with van der Waals surface area (Å²) in [4.78, 5) is 25.8. The van der Waals surface area contributed by atoms with Crippen molar-refractivity contribution in [1.82, 2.24) is 4.90 Å². The van der Waals surface area contributed by atoms with Crippen LogP contribution in [0.3, 0.4) is 0 Å². The first kappa shape index (κ1) is 16.0. The molecule has 1 atom stereocenters. The molecule has 0 aromatic carbocycles. The molecule has 1 fully saturated rings. The van der Waals surface area contributed by atoms with Crippen molar-refractivity contribution in [1.29, 1.82) is 0 Å². The van der Waals surface area contributed by atoms with Crippen LogP contribution < -0.4 is 0 Å². The van der Waals surface area contributed by atoms with Gasteiger partial charge in [-0.2, -0.15) is 0 Å². The number of aliphatic carboxylic acids is 1. The standard InChI is InChI=1S/C15H27NO3/c1-4-12(3)16(5-2)13(17)11-15(14(18)19)9-7-6-8-10-15/h12H,4-11H2,1-3H3,(H,18,19). The van der Waals surface area contributed by atoms with E-state index in [1.165, 1.54) is 0 Å². The normalized spacial score (nSPS) is 19.7. The number of rotatable bonds is 6. The van der Waals surface area contributed by atoms with Crippen molar-refractivity contribution in [3.8, 4) is 0 Å². The van der Waals surface area contributed by atoms with Crippen molar-refractivity contribution in [2.75, 3.05) is 6.54 Å². The summed E-state index contributed by atoms with van der Waals surface area (Å²) in [6.07, 6.45) is 5.30. The Morgan fingerprint density at radius 1 is 1.21 bits per heavy atom. The highest BCUT2D eigenvalue weighted by molar-refractivity contribution is 5.85. The van der Waals surface area contributed by atoms with Crippen LogP contribution in [0, 0.1) is 5.41 Å². The van der Waals surface area contributed by atoms with Crippen molar-refractivity contribution in [2.45, 2.75) is 71.8 Å². The lowest BCUT2D eigenvalue weighted by molar-refractivity contribution is -0.156. The maximum absolute atomic E-state index is 12.4. The Labute approximate surface area is 116 Å². The third-order valence-corrected chi connectivity index (χ3v) is 4.54. The van der Waals surface area contributed by atoms with Crippen LogP contribution in [0.5, 0.6) is 0 Å². The minimum absolute atomic E-state index is 0.00106. The minimum Gasteiger partial charge on any atom is -0.481 e. The molecule has 1 unspecified atom stereocenters. The van der Waals surface area contributed by atoms with Crippen LogP contribution in [-0.4, -0.2) is 34.5 Å². The quantitative estimate of drug-likeness (QED) is 0.806. The fraction of sp³-hybridized carbons (Fsp3) is 0.867. The van der Waals surface area contributed by atoms with Gasteiger partial charge in [0.05, 0.1) is 5.41 Å². The average Bonchev–Trinajstić information content (AvgIpc) is 2.40. The molecule has 19 heavy (non-hydrogen) atoms. The molecule has 1 N–H and O–H groups in total. The molecule has 0 aromatic rings. The first-order valence-corrected chi connectivity index (χ1v) is 7.49. The van der Waals surface area contributed by atoms with Crippen molar-refractivity contribution in [3.63, 3.8) is 0 Å². The number of carbonyl (C=O) groups excluding carboxylic acids is 1. The van der Waals surface area contributed by atoms with Gasteiger partial charge in [-0.05, 0) is 33.1 Å². The molecular weight excluding hydrogens is 242 g/mol. The largest absolute Gasteiger partial charge is 0.481 e. The van der Waals surface area contributed by atoms with E-state index in [0.29, 0.717) is 19.4 Å². The van der Waals surface area contributed by atoms with E-state index >= 15 is 0 Å². The van der Waals surface area contributed by atoms with Crippen LogP contribution in [0.15, 0.2) is 0 Å². The molecule has 1 amide bonds. The predicted octanol–water partition coefficient (Wildman–Crippen LogP) is 3.06. The smallest absolute Gasteiger partial charge is 0.310 e. The van der Waals surface area contributed by atoms with Gasteiger partial charge in [-0.3, -0.25) is 9.59 Å². The van der Waals surface area contributed by atoms with E-state index in [9.17, 15) is 14.7 Å². The number of nitrogens with zero attached hydrogens (tertiary/aromatic N) is 1. The second-order valence-electron chi connectivity index (χ2n) is 5.76. The van der Waals surface area contributed by atoms with Crippen molar-refractivity contribution in [2.24, 2.45) is 5.41 Å². The summed E-state index contributed by atoms with van der Waals surface area (Å²) in [5, 5.41) is 9.52. The third-order valence-electron chi connectivity index (χ3n) is 4.54. The highest BCUT2D eigenvalue weighted by Gasteiger charge is 2.42. The van der Waals surface area contributed by atoms with E-state index in [1.54, 1.807) is 0 Å². The SMILES string of the molecule is CCC(C)N(CC)C(=O)CC1(C(=O)O)CCCCC1. The summed E-state index contributed by atoms with van der Waals surface area (Å²) in [6, 6.07) is 0.187. The maximum Gasteiger partial charge on any atom is 0.310 e. The molecule has 1 saturated carbocycles. The van der Waals surface area contributed by atoms with Gasteiger partial charge in [0.15, 0.2) is 0 Å². The third kappa shape index (κ3) is 3.71. The molecule has 0 aliphatic heterocycles. The molecule has 4 nitrogen and oxygen atoms in total. The van der Waals surface area contributed by atoms with Crippen molar-refractivity contribution >= 4 is 11.9 Å². The number of amides is 1. The van der Waals surface area contributed by atoms with E-state index in [-0.39, 0.29) is 18.4 Å². The minimum atomic E-state index is -0.809. The number of carbonyl (C=O) groups is 2. The highest BCUT2D eigenvalue weighted by atomic mass is 16.4. The van der Waals surface area contributed by atoms with Crippen LogP contribution in [-0.2, 0) is 9.59 Å². The second kappa shape index (κ2) is 6.92. The van der Waals surface area contributed by atoms with Gasteiger partial charge in [0.2, 0.25) is 5.91 Å². The molecule has 1 aliphatic carbocycles. The average molecular weight is 269 g/mol. The van der Waals surface area contributed by atoms with Gasteiger partial charge in [0.1, 0.15) is 0 Å². The van der Waals surface area contributed by atoms with Gasteiger partial charge in [-0.25, -0.2) is 0 Å². The van der Waals surface area contributed by atoms with E-state index in [2.05, 4.69) is 0 Å². The number of carboxylic acids is 1. The lowest BCUT2D eigenvalue weighted by atomic mass is 9.71. The Morgan fingerprint density at radius 2 is 1.79 bits per heavy atom. The fourth-order valence-electron chi connectivity index (χ4n) is 3.04. The second-order valence-corrected chi connectivity index (χ2v) is 5.76. The van der Waals surface area contributed by atoms with E-state index in [4.69, 9.17) is 0 Å². The molecule has 1 rings (SSSR count). The lowest BCUT2D eigenvalue weighted by Crippen LogP contribution is -2.44. The van der Waals surface area contributed by atoms with Gasteiger partial charge in [0, 0.05) is 19.0 Å². The fourth-order valence-corrected chi connectivity index (χ4v) is 3.04. The molecule has 0 radical (unpaired) electrons. The lowest BCUT2D eigenvalue weighted by Gasteiger charge is -2.36. The summed E-state index contributed by atoms with van der Waals surface area (Å²) < 4.78 is 0. The molecule has 0 bridgehead atoms. The summed E-state index contributed by atoms with van der Waals surface area (Å²) in [6.45, 7) is 6.69. The molecule has 0 saturated heterocycles. The zero-order valence-electron chi connectivity index (χ0n) is 12.4. The molecule has 0 heterocycles. The van der Waals surface area contributed by atoms with Crippen LogP contribution in [0.25, 0.3) is 0 Å². The Morgan fingerprint density at radius 3 is 2.21 bits per heavy atom. The summed E-state index contributed by atoms with van der Waals surface area (Å²) in [7, 11) is 0. The number of hydrogen-bond acceptors (Lipinski definition) is 2. The zero-order valence-corrected chi connectivity index (χ0v) is 12.4. The van der Waals surface area contributed by atoms with Gasteiger partial charge in [-0.15, -0.1) is 0 Å². The Kier molecular flexibility index (Phi) is 5.83. The summed E-state index contributed by atoms with van der Waals surface area (Å²) >= 11 is 0. The first-order valence-electron chi connectivity index (χ1n) is 7.49. The van der Waals surface area contributed by atoms with Crippen molar-refractivity contribution in [3.05, 3.63) is 0 Å². The van der Waals surface area contributed by atoms with Gasteiger partial charge in [0.25, 0.3) is 0 Å². The summed E-state index contributed by atoms with van der Waals surface area (Å²) in [5.74, 6) is -0.790. The zero-order chi connectivity index (χ0) is 14.5. The molecular formula is C15H27NO3. The molecule has 110 valence electrons. The number of carboxylic acid groups (broad SMARTS) is 1. The van der Waals surface area contributed by atoms with E-state index in [1.807, 2.05) is 25.7 Å². The highest BCUT2D eigenvalue weighted by Crippen LogP contribution is 2.40. The van der Waals surface area contributed by atoms with Crippen LogP contribution >= 0.6 is 0 Å². The van der Waals surface area contributed by atoms with Crippen LogP contribution in [0.1, 0.15) is 65.7 Å². The topological polar surface area (TPSA) is 57.6 Å². The molecule has 0 spiro atoms. The predicted molar refractivity (Wildman–Crippen MR) is 74.9 cm³/mol. The van der Waals surface area contributed by atoms with Gasteiger partial charge in [-0.1, -0.05) is 26.2 Å². The monoisotopic (exact) mass is 269 g/mol. The van der Waals surface area contributed by atoms with E-state index < -0.39 is 11.4 Å². The summed E-state index contributed by atoms with van der Waals surface area (Å²) in [5.41, 5.74) is -0.809. The van der Waals surface area contributed by atoms with E-state index in [0.717, 1.165) is 25.7 Å². The molecule has 4 heteroatoms. The molecule has 1 aliphatic rings. The van der Waals surface area contributed by atoms with Crippen molar-refractivity contribution < 1.29 is 14.7 Å².